The van der Waals surface area contributed by atoms with Crippen molar-refractivity contribution in [3.05, 3.63) is 0 Å². The zero-order chi connectivity index (χ0) is 13.5. The van der Waals surface area contributed by atoms with E-state index in [1.165, 1.54) is 38.9 Å². The highest BCUT2D eigenvalue weighted by Gasteiger charge is 2.19. The molecule has 0 saturated carbocycles. The predicted molar refractivity (Wildman–Crippen MR) is 75.7 cm³/mol. The Balaban J connectivity index is 2.19. The number of piperidine rings is 1. The summed E-state index contributed by atoms with van der Waals surface area (Å²) < 4.78 is 0. The highest BCUT2D eigenvalue weighted by molar-refractivity contribution is 5.78. The summed E-state index contributed by atoms with van der Waals surface area (Å²) in [6, 6.07) is 0.799. The van der Waals surface area contributed by atoms with Crippen LogP contribution in [0.2, 0.25) is 0 Å². The van der Waals surface area contributed by atoms with Gasteiger partial charge in [-0.2, -0.15) is 0 Å². The van der Waals surface area contributed by atoms with Crippen LogP contribution in [-0.2, 0) is 4.79 Å². The van der Waals surface area contributed by atoms with E-state index in [1.807, 2.05) is 20.9 Å². The topological polar surface area (TPSA) is 35.6 Å². The maximum atomic E-state index is 11.8. The molecule has 0 aromatic carbocycles. The van der Waals surface area contributed by atoms with E-state index in [1.54, 1.807) is 4.90 Å². The van der Waals surface area contributed by atoms with Crippen LogP contribution in [-0.4, -0.2) is 61.0 Å². The molecule has 0 radical (unpaired) electrons. The lowest BCUT2D eigenvalue weighted by Crippen LogP contribution is -2.47. The highest BCUT2D eigenvalue weighted by atomic mass is 16.2. The molecule has 0 atom stereocenters. The Hall–Kier alpha value is -0.610. The van der Waals surface area contributed by atoms with Crippen molar-refractivity contribution in [1.82, 2.24) is 15.1 Å². The number of amides is 1. The van der Waals surface area contributed by atoms with Crippen molar-refractivity contribution in [3.63, 3.8) is 0 Å². The summed E-state index contributed by atoms with van der Waals surface area (Å²) >= 11 is 0. The molecular weight excluding hydrogens is 226 g/mol. The Morgan fingerprint density at radius 2 is 2.00 bits per heavy atom. The summed E-state index contributed by atoms with van der Waals surface area (Å²) in [5.74, 6) is 0.195. The van der Waals surface area contributed by atoms with Gasteiger partial charge >= 0.3 is 0 Å². The first-order valence-electron chi connectivity index (χ1n) is 7.26. The van der Waals surface area contributed by atoms with Crippen molar-refractivity contribution in [2.75, 3.05) is 33.2 Å². The van der Waals surface area contributed by atoms with Gasteiger partial charge < -0.3 is 15.1 Å². The van der Waals surface area contributed by atoms with Crippen molar-refractivity contribution in [3.8, 4) is 0 Å². The minimum Gasteiger partial charge on any atom is -0.342 e. The molecule has 1 N–H and O–H groups in total. The lowest BCUT2D eigenvalue weighted by atomic mass is 10.0. The van der Waals surface area contributed by atoms with Crippen molar-refractivity contribution in [2.45, 2.75) is 52.1 Å². The molecule has 1 rings (SSSR count). The van der Waals surface area contributed by atoms with Gasteiger partial charge in [0.05, 0.1) is 6.54 Å². The second kappa shape index (κ2) is 7.74. The predicted octanol–water partition coefficient (Wildman–Crippen LogP) is 1.32. The van der Waals surface area contributed by atoms with Gasteiger partial charge in [-0.25, -0.2) is 0 Å². The molecule has 1 amide bonds. The average molecular weight is 255 g/mol. The molecule has 0 aromatic rings. The molecule has 0 unspecified atom stereocenters. The third-order valence-corrected chi connectivity index (χ3v) is 3.84. The summed E-state index contributed by atoms with van der Waals surface area (Å²) in [4.78, 5) is 16.2. The Bertz CT molecular complexity index is 247. The van der Waals surface area contributed by atoms with Crippen LogP contribution in [0.5, 0.6) is 0 Å². The lowest BCUT2D eigenvalue weighted by molar-refractivity contribution is -0.130. The maximum Gasteiger partial charge on any atom is 0.236 e. The zero-order valence-corrected chi connectivity index (χ0v) is 12.4. The third kappa shape index (κ3) is 4.94. The van der Waals surface area contributed by atoms with Crippen LogP contribution < -0.4 is 5.32 Å². The number of hydrogen-bond donors (Lipinski definition) is 1. The van der Waals surface area contributed by atoms with Crippen molar-refractivity contribution in [2.24, 2.45) is 0 Å². The summed E-state index contributed by atoms with van der Waals surface area (Å²) in [7, 11) is 1.87. The standard InChI is InChI=1S/C14H29N3O/c1-5-8-17-9-6-13(7-10-17)15-11-14(18)16(4)12(2)3/h12-13,15H,5-11H2,1-4H3. The Labute approximate surface area is 112 Å². The first kappa shape index (κ1) is 15.4. The number of likely N-dealkylation sites (N-methyl/N-ethyl adjacent to an activating group) is 1. The monoisotopic (exact) mass is 255 g/mol. The van der Waals surface area contributed by atoms with E-state index in [0.717, 1.165) is 0 Å². The SMILES string of the molecule is CCCN1CCC(NCC(=O)N(C)C(C)C)CC1. The number of carbonyl (C=O) groups excluding carboxylic acids is 1. The molecular formula is C14H29N3O. The van der Waals surface area contributed by atoms with E-state index < -0.39 is 0 Å². The largest absolute Gasteiger partial charge is 0.342 e. The minimum absolute atomic E-state index is 0.195. The van der Waals surface area contributed by atoms with Crippen molar-refractivity contribution in [1.29, 1.82) is 0 Å². The molecule has 1 aliphatic heterocycles. The van der Waals surface area contributed by atoms with Crippen LogP contribution in [0, 0.1) is 0 Å². The number of nitrogens with zero attached hydrogens (tertiary/aromatic N) is 2. The number of hydrogen-bond acceptors (Lipinski definition) is 3. The van der Waals surface area contributed by atoms with Gasteiger partial charge in [-0.05, 0) is 52.7 Å². The van der Waals surface area contributed by atoms with Crippen LogP contribution in [0.25, 0.3) is 0 Å². The summed E-state index contributed by atoms with van der Waals surface area (Å²) in [5.41, 5.74) is 0. The van der Waals surface area contributed by atoms with Crippen LogP contribution in [0.1, 0.15) is 40.0 Å². The molecule has 1 fully saturated rings. The van der Waals surface area contributed by atoms with E-state index in [2.05, 4.69) is 17.1 Å². The smallest absolute Gasteiger partial charge is 0.236 e. The second-order valence-electron chi connectivity index (χ2n) is 5.60. The first-order valence-corrected chi connectivity index (χ1v) is 7.26. The van der Waals surface area contributed by atoms with Crippen molar-refractivity contribution >= 4 is 5.91 Å². The lowest BCUT2D eigenvalue weighted by Gasteiger charge is -2.32. The number of rotatable bonds is 6. The quantitative estimate of drug-likeness (QED) is 0.777. The molecule has 1 saturated heterocycles. The van der Waals surface area contributed by atoms with Gasteiger partial charge in [0.1, 0.15) is 0 Å². The van der Waals surface area contributed by atoms with Gasteiger partial charge in [0.15, 0.2) is 0 Å². The normalized spacial score (nSPS) is 18.3. The Morgan fingerprint density at radius 3 is 2.50 bits per heavy atom. The van der Waals surface area contributed by atoms with Gasteiger partial charge in [-0.1, -0.05) is 6.92 Å². The van der Waals surface area contributed by atoms with Crippen molar-refractivity contribution < 1.29 is 4.79 Å². The number of nitrogens with one attached hydrogen (secondary N) is 1. The van der Waals surface area contributed by atoms with Crippen LogP contribution in [0.15, 0.2) is 0 Å². The fourth-order valence-corrected chi connectivity index (χ4v) is 2.32. The van der Waals surface area contributed by atoms with E-state index in [4.69, 9.17) is 0 Å². The molecule has 106 valence electrons. The fraction of sp³-hybridized carbons (Fsp3) is 0.929. The molecule has 0 aromatic heterocycles. The molecule has 4 heteroatoms. The van der Waals surface area contributed by atoms with Gasteiger partial charge in [-0.3, -0.25) is 4.79 Å². The maximum absolute atomic E-state index is 11.8. The Morgan fingerprint density at radius 1 is 1.39 bits per heavy atom. The summed E-state index contributed by atoms with van der Waals surface area (Å²) in [6.07, 6.45) is 3.56. The highest BCUT2D eigenvalue weighted by Crippen LogP contribution is 2.10. The summed E-state index contributed by atoms with van der Waals surface area (Å²) in [5, 5.41) is 3.40. The molecule has 0 spiro atoms. The molecule has 1 heterocycles. The molecule has 4 nitrogen and oxygen atoms in total. The number of likely N-dealkylation sites (tertiary alicyclic amines) is 1. The third-order valence-electron chi connectivity index (χ3n) is 3.84. The summed E-state index contributed by atoms with van der Waals surface area (Å²) in [6.45, 7) is 10.3. The Kier molecular flexibility index (Phi) is 6.65. The molecule has 0 aliphatic carbocycles. The van der Waals surface area contributed by atoms with E-state index in [-0.39, 0.29) is 11.9 Å². The van der Waals surface area contributed by atoms with Gasteiger partial charge in [0, 0.05) is 19.1 Å². The second-order valence-corrected chi connectivity index (χ2v) is 5.60. The van der Waals surface area contributed by atoms with Gasteiger partial charge in [-0.15, -0.1) is 0 Å². The molecule has 18 heavy (non-hydrogen) atoms. The van der Waals surface area contributed by atoms with E-state index in [9.17, 15) is 4.79 Å². The number of carbonyl (C=O) groups is 1. The first-order chi connectivity index (χ1) is 8.54. The average Bonchev–Trinajstić information content (AvgIpc) is 2.37. The van der Waals surface area contributed by atoms with Gasteiger partial charge in [0.2, 0.25) is 5.91 Å². The minimum atomic E-state index is 0.195. The fourth-order valence-electron chi connectivity index (χ4n) is 2.32. The van der Waals surface area contributed by atoms with Crippen LogP contribution in [0.4, 0.5) is 0 Å². The van der Waals surface area contributed by atoms with E-state index in [0.29, 0.717) is 12.6 Å². The van der Waals surface area contributed by atoms with Gasteiger partial charge in [0.25, 0.3) is 0 Å². The van der Waals surface area contributed by atoms with E-state index >= 15 is 0 Å². The zero-order valence-electron chi connectivity index (χ0n) is 12.4. The molecule has 0 bridgehead atoms. The molecule has 1 aliphatic rings. The van der Waals surface area contributed by atoms with Crippen LogP contribution >= 0.6 is 0 Å². The van der Waals surface area contributed by atoms with Crippen LogP contribution in [0.3, 0.4) is 0 Å².